The first kappa shape index (κ1) is 17.2. The Balaban J connectivity index is 2.34. The average Bonchev–Trinajstić information content (AvgIpc) is 2.44. The first-order chi connectivity index (χ1) is 10.2. The number of fused-ring (bicyclic) bond motifs is 1. The number of aryl methyl sites for hydroxylation is 1. The normalized spacial score (nSPS) is 14.9. The average molecular weight is 340 g/mol. The number of rotatable bonds is 6. The van der Waals surface area contributed by atoms with Crippen LogP contribution in [0, 0.1) is 6.92 Å². The van der Waals surface area contributed by atoms with Gasteiger partial charge < -0.3 is 5.11 Å². The molecule has 1 atom stereocenters. The second-order valence-corrected chi connectivity index (χ2v) is 8.20. The summed E-state index contributed by atoms with van der Waals surface area (Å²) in [6.07, 6.45) is 3.51. The lowest BCUT2D eigenvalue weighted by atomic mass is 10.1. The molecule has 1 aromatic heterocycles. The van der Waals surface area contributed by atoms with E-state index in [2.05, 4.69) is 9.71 Å². The van der Waals surface area contributed by atoms with Crippen molar-refractivity contribution in [1.82, 2.24) is 9.71 Å². The van der Waals surface area contributed by atoms with Crippen LogP contribution in [0.4, 0.5) is 0 Å². The van der Waals surface area contributed by atoms with Crippen molar-refractivity contribution in [3.8, 4) is 0 Å². The molecular weight excluding hydrogens is 320 g/mol. The van der Waals surface area contributed by atoms with Crippen molar-refractivity contribution in [2.45, 2.75) is 24.3 Å². The van der Waals surface area contributed by atoms with Crippen molar-refractivity contribution in [3.05, 3.63) is 36.0 Å². The van der Waals surface area contributed by atoms with Crippen molar-refractivity contribution in [2.75, 3.05) is 18.6 Å². The summed E-state index contributed by atoms with van der Waals surface area (Å²) in [6.45, 7) is 3.47. The Kier molecular flexibility index (Phi) is 5.11. The van der Waals surface area contributed by atoms with Gasteiger partial charge in [-0.05, 0) is 37.8 Å². The summed E-state index contributed by atoms with van der Waals surface area (Å²) in [6, 6.07) is 6.94. The van der Waals surface area contributed by atoms with E-state index < -0.39 is 15.6 Å². The maximum atomic E-state index is 12.5. The van der Waals surface area contributed by atoms with Gasteiger partial charge in [-0.3, -0.25) is 4.98 Å². The van der Waals surface area contributed by atoms with E-state index in [9.17, 15) is 13.5 Å². The van der Waals surface area contributed by atoms with Gasteiger partial charge >= 0.3 is 0 Å². The lowest BCUT2D eigenvalue weighted by Crippen LogP contribution is -2.42. The van der Waals surface area contributed by atoms with Crippen molar-refractivity contribution in [3.63, 3.8) is 0 Å². The minimum absolute atomic E-state index is 0.0432. The Morgan fingerprint density at radius 2 is 2.14 bits per heavy atom. The molecular formula is C15H20N2O3S2. The van der Waals surface area contributed by atoms with Crippen LogP contribution >= 0.6 is 11.8 Å². The maximum absolute atomic E-state index is 12.5. The molecule has 2 aromatic rings. The molecule has 120 valence electrons. The predicted octanol–water partition coefficient (Wildman–Crippen LogP) is 1.94. The summed E-state index contributed by atoms with van der Waals surface area (Å²) < 4.78 is 27.5. The van der Waals surface area contributed by atoms with Gasteiger partial charge in [0.1, 0.15) is 4.90 Å². The van der Waals surface area contributed by atoms with Gasteiger partial charge in [-0.25, -0.2) is 13.1 Å². The van der Waals surface area contributed by atoms with Gasteiger partial charge in [-0.15, -0.1) is 0 Å². The molecule has 0 aliphatic heterocycles. The maximum Gasteiger partial charge on any atom is 0.242 e. The number of aromatic nitrogens is 1. The van der Waals surface area contributed by atoms with Gasteiger partial charge in [0.2, 0.25) is 10.0 Å². The fourth-order valence-electron chi connectivity index (χ4n) is 2.15. The molecule has 2 N–H and O–H groups in total. The van der Waals surface area contributed by atoms with Gasteiger partial charge in [-0.2, -0.15) is 11.8 Å². The number of nitrogens with one attached hydrogen (secondary N) is 1. The van der Waals surface area contributed by atoms with E-state index in [0.717, 1.165) is 10.9 Å². The van der Waals surface area contributed by atoms with Crippen molar-refractivity contribution in [2.24, 2.45) is 0 Å². The quantitative estimate of drug-likeness (QED) is 0.840. The highest BCUT2D eigenvalue weighted by Crippen LogP contribution is 2.22. The third kappa shape index (κ3) is 3.98. The minimum atomic E-state index is -3.73. The van der Waals surface area contributed by atoms with E-state index >= 15 is 0 Å². The van der Waals surface area contributed by atoms with Gasteiger partial charge in [0.15, 0.2) is 0 Å². The first-order valence-electron chi connectivity index (χ1n) is 6.81. The molecule has 1 heterocycles. The van der Waals surface area contributed by atoms with Crippen molar-refractivity contribution >= 4 is 32.7 Å². The molecule has 1 aromatic carbocycles. The number of nitrogens with zero attached hydrogens (tertiary/aromatic N) is 1. The Labute approximate surface area is 135 Å². The molecule has 0 saturated heterocycles. The summed E-state index contributed by atoms with van der Waals surface area (Å²) in [4.78, 5) is 4.37. The Morgan fingerprint density at radius 1 is 1.41 bits per heavy atom. The number of hydrogen-bond donors (Lipinski definition) is 2. The summed E-state index contributed by atoms with van der Waals surface area (Å²) >= 11 is 1.46. The molecule has 0 aliphatic rings. The lowest BCUT2D eigenvalue weighted by molar-refractivity contribution is 0.0909. The van der Waals surface area contributed by atoms with E-state index in [1.54, 1.807) is 19.2 Å². The molecule has 0 saturated carbocycles. The molecule has 0 spiro atoms. The fraction of sp³-hybridized carbons (Fsp3) is 0.400. The highest BCUT2D eigenvalue weighted by molar-refractivity contribution is 7.98. The number of thioether (sulfide) groups is 1. The van der Waals surface area contributed by atoms with Crippen LogP contribution in [0.15, 0.2) is 35.4 Å². The molecule has 0 fully saturated rings. The lowest BCUT2D eigenvalue weighted by Gasteiger charge is -2.22. The molecule has 0 amide bonds. The topological polar surface area (TPSA) is 79.3 Å². The number of sulfonamides is 1. The number of benzene rings is 1. The van der Waals surface area contributed by atoms with Crippen LogP contribution in [0.1, 0.15) is 12.5 Å². The SMILES string of the molecule is CSC[C@](C)(O)CNS(=O)(=O)c1cccc2cc(C)cnc12. The summed E-state index contributed by atoms with van der Waals surface area (Å²) in [7, 11) is -3.73. The van der Waals surface area contributed by atoms with Crippen LogP contribution in [-0.2, 0) is 10.0 Å². The largest absolute Gasteiger partial charge is 0.388 e. The van der Waals surface area contributed by atoms with Crippen molar-refractivity contribution < 1.29 is 13.5 Å². The Hall–Kier alpha value is -1.15. The van der Waals surface area contributed by atoms with E-state index in [0.29, 0.717) is 11.3 Å². The second kappa shape index (κ2) is 6.54. The van der Waals surface area contributed by atoms with Gasteiger partial charge in [0.25, 0.3) is 0 Å². The fourth-order valence-corrected chi connectivity index (χ4v) is 4.21. The minimum Gasteiger partial charge on any atom is -0.388 e. The third-order valence-corrected chi connectivity index (χ3v) is 5.54. The zero-order valence-electron chi connectivity index (χ0n) is 12.8. The van der Waals surface area contributed by atoms with E-state index in [1.165, 1.54) is 17.8 Å². The highest BCUT2D eigenvalue weighted by Gasteiger charge is 2.25. The first-order valence-corrected chi connectivity index (χ1v) is 9.69. The van der Waals surface area contributed by atoms with Gasteiger partial charge in [0, 0.05) is 23.9 Å². The molecule has 0 aliphatic carbocycles. The molecule has 7 heteroatoms. The highest BCUT2D eigenvalue weighted by atomic mass is 32.2. The molecule has 0 bridgehead atoms. The van der Waals surface area contributed by atoms with E-state index in [1.807, 2.05) is 25.3 Å². The van der Waals surface area contributed by atoms with Gasteiger partial charge in [-0.1, -0.05) is 12.1 Å². The number of hydrogen-bond acceptors (Lipinski definition) is 5. The van der Waals surface area contributed by atoms with Gasteiger partial charge in [0.05, 0.1) is 11.1 Å². The Bertz CT molecular complexity index is 773. The van der Waals surface area contributed by atoms with Crippen LogP contribution in [-0.4, -0.2) is 42.7 Å². The summed E-state index contributed by atoms with van der Waals surface area (Å²) in [5, 5.41) is 10.9. The second-order valence-electron chi connectivity index (χ2n) is 5.60. The molecule has 0 unspecified atom stereocenters. The molecule has 0 radical (unpaired) electrons. The number of aliphatic hydroxyl groups is 1. The third-order valence-electron chi connectivity index (χ3n) is 3.20. The van der Waals surface area contributed by atoms with Crippen LogP contribution in [0.2, 0.25) is 0 Å². The summed E-state index contributed by atoms with van der Waals surface area (Å²) in [5.74, 6) is 0.447. The zero-order valence-corrected chi connectivity index (χ0v) is 14.5. The zero-order chi connectivity index (χ0) is 16.4. The van der Waals surface area contributed by atoms with E-state index in [4.69, 9.17) is 0 Å². The van der Waals surface area contributed by atoms with Crippen LogP contribution in [0.25, 0.3) is 10.9 Å². The van der Waals surface area contributed by atoms with Crippen LogP contribution in [0.5, 0.6) is 0 Å². The van der Waals surface area contributed by atoms with Crippen LogP contribution in [0.3, 0.4) is 0 Å². The van der Waals surface area contributed by atoms with Crippen LogP contribution < -0.4 is 4.72 Å². The molecule has 2 rings (SSSR count). The van der Waals surface area contributed by atoms with Crippen molar-refractivity contribution in [1.29, 1.82) is 0 Å². The smallest absolute Gasteiger partial charge is 0.242 e. The Morgan fingerprint density at radius 3 is 2.82 bits per heavy atom. The molecule has 22 heavy (non-hydrogen) atoms. The molecule has 5 nitrogen and oxygen atoms in total. The standard InChI is InChI=1S/C15H20N2O3S2/c1-11-7-12-5-4-6-13(14(12)16-8-11)22(19,20)17-9-15(2,18)10-21-3/h4-8,17-18H,9-10H2,1-3H3/t15-/m1/s1. The monoisotopic (exact) mass is 340 g/mol. The number of para-hydroxylation sites is 1. The summed E-state index contributed by atoms with van der Waals surface area (Å²) in [5.41, 5.74) is 0.309. The predicted molar refractivity (Wildman–Crippen MR) is 90.7 cm³/mol. The number of pyridine rings is 1. The van der Waals surface area contributed by atoms with E-state index in [-0.39, 0.29) is 11.4 Å².